The first kappa shape index (κ1) is 29.8. The molecule has 0 saturated heterocycles. The minimum atomic E-state index is 0.665. The number of fused-ring (bicyclic) bond motifs is 6. The van der Waals surface area contributed by atoms with Crippen LogP contribution in [0.4, 0.5) is 0 Å². The third-order valence-corrected chi connectivity index (χ3v) is 9.93. The second kappa shape index (κ2) is 12.4. The molecule has 3 heterocycles. The molecule has 0 bridgehead atoms. The number of pyridine rings is 2. The lowest BCUT2D eigenvalue weighted by Crippen LogP contribution is -1.98. The van der Waals surface area contributed by atoms with Crippen molar-refractivity contribution in [2.45, 2.75) is 0 Å². The van der Waals surface area contributed by atoms with Gasteiger partial charge in [-0.1, -0.05) is 164 Å². The molecule has 4 heteroatoms. The Morgan fingerprint density at radius 1 is 0.346 bits per heavy atom. The van der Waals surface area contributed by atoms with E-state index in [2.05, 4.69) is 152 Å². The Labute approximate surface area is 300 Å². The summed E-state index contributed by atoms with van der Waals surface area (Å²) in [6.07, 6.45) is 1.96. The van der Waals surface area contributed by atoms with Crippen LogP contribution in [0.5, 0.6) is 0 Å². The van der Waals surface area contributed by atoms with Crippen LogP contribution in [0.3, 0.4) is 0 Å². The van der Waals surface area contributed by atoms with Gasteiger partial charge in [-0.25, -0.2) is 15.0 Å². The highest BCUT2D eigenvalue weighted by Gasteiger charge is 2.19. The van der Waals surface area contributed by atoms with Crippen LogP contribution in [-0.4, -0.2) is 19.9 Å². The fourth-order valence-corrected chi connectivity index (χ4v) is 7.40. The lowest BCUT2D eigenvalue weighted by atomic mass is 9.94. The van der Waals surface area contributed by atoms with Crippen LogP contribution in [0.1, 0.15) is 0 Å². The fraction of sp³-hybridized carbons (Fsp3) is 0. The van der Waals surface area contributed by atoms with E-state index >= 15 is 0 Å². The molecule has 0 aliphatic heterocycles. The fourth-order valence-electron chi connectivity index (χ4n) is 7.40. The highest BCUT2D eigenvalue weighted by Crippen LogP contribution is 2.40. The van der Waals surface area contributed by atoms with Crippen LogP contribution in [0.15, 0.2) is 182 Å². The van der Waals surface area contributed by atoms with Gasteiger partial charge in [0, 0.05) is 44.4 Å². The SMILES string of the molecule is c1ccc(-c2ccc(-c3nc(-c4ccccc4)cc(-c4cnc(-c5nc6ccccc6c6c5ccc5ccccc56)c5ccccc45)n3)cc2)cc1. The van der Waals surface area contributed by atoms with E-state index in [9.17, 15) is 0 Å². The van der Waals surface area contributed by atoms with E-state index in [4.69, 9.17) is 19.9 Å². The first-order valence-electron chi connectivity index (χ1n) is 17.5. The van der Waals surface area contributed by atoms with Crippen LogP contribution in [0.25, 0.3) is 99.6 Å². The Bertz CT molecular complexity index is 2920. The van der Waals surface area contributed by atoms with Crippen LogP contribution in [0, 0.1) is 0 Å². The summed E-state index contributed by atoms with van der Waals surface area (Å²) in [6.45, 7) is 0. The van der Waals surface area contributed by atoms with Crippen molar-refractivity contribution in [2.24, 2.45) is 0 Å². The van der Waals surface area contributed by atoms with Gasteiger partial charge in [0.2, 0.25) is 0 Å². The minimum absolute atomic E-state index is 0.665. The molecule has 4 nitrogen and oxygen atoms in total. The van der Waals surface area contributed by atoms with Crippen molar-refractivity contribution in [2.75, 3.05) is 0 Å². The molecule has 0 N–H and O–H groups in total. The van der Waals surface area contributed by atoms with Gasteiger partial charge < -0.3 is 0 Å². The summed E-state index contributed by atoms with van der Waals surface area (Å²) in [5.74, 6) is 0.665. The molecule has 0 spiro atoms. The standard InChI is InChI=1S/C48H30N4/c1-3-13-31(14-4-1)32-23-25-35(26-24-32)48-51-43(34-16-5-2-6-17-34)29-44(52-48)41-30-49-46(38-20-10-9-19-37(38)41)47-40-28-27-33-15-7-8-18-36(33)45(40)39-21-11-12-22-42(39)50-47/h1-30H. The second-order valence-electron chi connectivity index (χ2n) is 13.0. The van der Waals surface area contributed by atoms with Crippen LogP contribution in [0.2, 0.25) is 0 Å². The highest BCUT2D eigenvalue weighted by molar-refractivity contribution is 6.23. The average Bonchev–Trinajstić information content (AvgIpc) is 3.23. The third-order valence-electron chi connectivity index (χ3n) is 9.93. The normalized spacial score (nSPS) is 11.5. The maximum absolute atomic E-state index is 5.28. The molecule has 0 aliphatic carbocycles. The summed E-state index contributed by atoms with van der Waals surface area (Å²) < 4.78 is 0. The average molecular weight is 663 g/mol. The summed E-state index contributed by atoms with van der Waals surface area (Å²) in [5, 5.41) is 7.90. The lowest BCUT2D eigenvalue weighted by molar-refractivity contribution is 1.18. The van der Waals surface area contributed by atoms with Gasteiger partial charge in [-0.2, -0.15) is 0 Å². The summed E-state index contributed by atoms with van der Waals surface area (Å²) in [7, 11) is 0. The number of benzene rings is 7. The zero-order valence-electron chi connectivity index (χ0n) is 28.1. The number of hydrogen-bond acceptors (Lipinski definition) is 4. The van der Waals surface area contributed by atoms with E-state index in [0.29, 0.717) is 5.82 Å². The summed E-state index contributed by atoms with van der Waals surface area (Å²) in [4.78, 5) is 20.8. The number of aromatic nitrogens is 4. The van der Waals surface area contributed by atoms with E-state index < -0.39 is 0 Å². The molecule has 52 heavy (non-hydrogen) atoms. The first-order valence-corrected chi connectivity index (χ1v) is 17.5. The largest absolute Gasteiger partial charge is 0.253 e. The molecule has 3 aromatic heterocycles. The van der Waals surface area contributed by atoms with Crippen LogP contribution >= 0.6 is 0 Å². The Morgan fingerprint density at radius 2 is 0.942 bits per heavy atom. The minimum Gasteiger partial charge on any atom is -0.253 e. The van der Waals surface area contributed by atoms with E-state index in [1.54, 1.807) is 0 Å². The molecule has 0 amide bonds. The number of hydrogen-bond donors (Lipinski definition) is 0. The van der Waals surface area contributed by atoms with Crippen molar-refractivity contribution in [3.63, 3.8) is 0 Å². The molecular formula is C48H30N4. The molecule has 0 saturated carbocycles. The van der Waals surface area contributed by atoms with Gasteiger partial charge in [-0.05, 0) is 39.4 Å². The Hall–Kier alpha value is -7.04. The predicted octanol–water partition coefficient (Wildman–Crippen LogP) is 12.2. The first-order chi connectivity index (χ1) is 25.8. The van der Waals surface area contributed by atoms with Crippen LogP contribution < -0.4 is 0 Å². The summed E-state index contributed by atoms with van der Waals surface area (Å²) in [5.41, 5.74) is 9.58. The van der Waals surface area contributed by atoms with Crippen molar-refractivity contribution < 1.29 is 0 Å². The zero-order chi connectivity index (χ0) is 34.4. The monoisotopic (exact) mass is 662 g/mol. The van der Waals surface area contributed by atoms with Gasteiger partial charge in [0.1, 0.15) is 0 Å². The summed E-state index contributed by atoms with van der Waals surface area (Å²) >= 11 is 0. The molecule has 0 radical (unpaired) electrons. The molecule has 0 aliphatic rings. The highest BCUT2D eigenvalue weighted by atomic mass is 14.9. The molecule has 0 atom stereocenters. The Morgan fingerprint density at radius 3 is 1.73 bits per heavy atom. The van der Waals surface area contributed by atoms with E-state index in [0.717, 1.165) is 72.1 Å². The van der Waals surface area contributed by atoms with Crippen molar-refractivity contribution in [3.05, 3.63) is 182 Å². The van der Waals surface area contributed by atoms with E-state index in [1.807, 2.05) is 30.5 Å². The molecule has 10 rings (SSSR count). The smallest absolute Gasteiger partial charge is 0.160 e. The van der Waals surface area contributed by atoms with Crippen molar-refractivity contribution in [1.29, 1.82) is 0 Å². The van der Waals surface area contributed by atoms with Gasteiger partial charge >= 0.3 is 0 Å². The molecule has 0 unspecified atom stereocenters. The molecular weight excluding hydrogens is 633 g/mol. The molecule has 242 valence electrons. The third kappa shape index (κ3) is 5.09. The predicted molar refractivity (Wildman–Crippen MR) is 215 cm³/mol. The van der Waals surface area contributed by atoms with Crippen molar-refractivity contribution >= 4 is 43.2 Å². The number of para-hydroxylation sites is 1. The topological polar surface area (TPSA) is 51.6 Å². The Kier molecular flexibility index (Phi) is 7.10. The van der Waals surface area contributed by atoms with E-state index in [1.165, 1.54) is 21.7 Å². The van der Waals surface area contributed by atoms with Gasteiger partial charge in [0.15, 0.2) is 5.82 Å². The number of nitrogens with zero attached hydrogens (tertiary/aromatic N) is 4. The molecule has 0 fully saturated rings. The van der Waals surface area contributed by atoms with Gasteiger partial charge in [0.05, 0.1) is 28.3 Å². The maximum Gasteiger partial charge on any atom is 0.160 e. The lowest BCUT2D eigenvalue weighted by Gasteiger charge is -2.15. The quantitative estimate of drug-likeness (QED) is 0.172. The maximum atomic E-state index is 5.28. The van der Waals surface area contributed by atoms with Crippen molar-refractivity contribution in [3.8, 4) is 56.4 Å². The molecule has 10 aromatic rings. The number of rotatable bonds is 5. The van der Waals surface area contributed by atoms with Crippen molar-refractivity contribution in [1.82, 2.24) is 19.9 Å². The second-order valence-corrected chi connectivity index (χ2v) is 13.0. The van der Waals surface area contributed by atoms with Crippen LogP contribution in [-0.2, 0) is 0 Å². The zero-order valence-corrected chi connectivity index (χ0v) is 28.1. The molecule has 7 aromatic carbocycles. The van der Waals surface area contributed by atoms with Gasteiger partial charge in [-0.3, -0.25) is 4.98 Å². The van der Waals surface area contributed by atoms with Gasteiger partial charge in [0.25, 0.3) is 0 Å². The summed E-state index contributed by atoms with van der Waals surface area (Å²) in [6, 6.07) is 61.1. The van der Waals surface area contributed by atoms with E-state index in [-0.39, 0.29) is 0 Å². The Balaban J connectivity index is 1.18. The van der Waals surface area contributed by atoms with Gasteiger partial charge in [-0.15, -0.1) is 0 Å².